The molecule has 0 aliphatic heterocycles. The molecule has 0 unspecified atom stereocenters. The summed E-state index contributed by atoms with van der Waals surface area (Å²) < 4.78 is 26.9. The number of hydrogen-bond donors (Lipinski definition) is 1. The molecule has 194 valence electrons. The van der Waals surface area contributed by atoms with Gasteiger partial charge in [0.1, 0.15) is 5.75 Å². The fraction of sp³-hybridized carbons (Fsp3) is 0.138. The molecule has 0 fully saturated rings. The van der Waals surface area contributed by atoms with E-state index in [0.29, 0.717) is 28.6 Å². The third kappa shape index (κ3) is 6.38. The zero-order valence-corrected chi connectivity index (χ0v) is 21.1. The number of carbonyl (C=O) groups is 2. The van der Waals surface area contributed by atoms with Crippen molar-refractivity contribution in [2.45, 2.75) is 0 Å². The maximum atomic E-state index is 12.7. The number of benzene rings is 4. The van der Waals surface area contributed by atoms with E-state index >= 15 is 0 Å². The quantitative estimate of drug-likeness (QED) is 0.143. The molecule has 0 aliphatic rings. The fourth-order valence-electron chi connectivity index (χ4n) is 3.59. The minimum atomic E-state index is -0.593. The highest BCUT2D eigenvalue weighted by Crippen LogP contribution is 2.31. The summed E-state index contributed by atoms with van der Waals surface area (Å²) in [6.45, 7) is -0.190. The molecule has 4 aromatic rings. The summed E-state index contributed by atoms with van der Waals surface area (Å²) in [5.74, 6) is 1.02. The van der Waals surface area contributed by atoms with Crippen LogP contribution in [0, 0.1) is 0 Å². The van der Waals surface area contributed by atoms with Gasteiger partial charge in [0.25, 0.3) is 5.91 Å². The summed E-state index contributed by atoms with van der Waals surface area (Å²) in [4.78, 5) is 24.8. The summed E-state index contributed by atoms with van der Waals surface area (Å²) >= 11 is 0. The average molecular weight is 515 g/mol. The van der Waals surface area contributed by atoms with Crippen LogP contribution in [-0.2, 0) is 4.79 Å². The van der Waals surface area contributed by atoms with Crippen molar-refractivity contribution < 1.29 is 33.3 Å². The van der Waals surface area contributed by atoms with Crippen LogP contribution < -0.4 is 29.1 Å². The second-order valence-electron chi connectivity index (χ2n) is 7.96. The Balaban J connectivity index is 1.33. The van der Waals surface area contributed by atoms with E-state index < -0.39 is 11.9 Å². The number of rotatable bonds is 10. The van der Waals surface area contributed by atoms with Gasteiger partial charge < -0.3 is 23.7 Å². The summed E-state index contributed by atoms with van der Waals surface area (Å²) in [7, 11) is 4.45. The van der Waals surface area contributed by atoms with Gasteiger partial charge >= 0.3 is 5.97 Å². The molecular weight excluding hydrogens is 488 g/mol. The molecular formula is C29H26N2O7. The lowest BCUT2D eigenvalue weighted by Gasteiger charge is -2.11. The van der Waals surface area contributed by atoms with Gasteiger partial charge in [-0.15, -0.1) is 0 Å². The third-order valence-electron chi connectivity index (χ3n) is 5.50. The maximum absolute atomic E-state index is 12.7. The molecule has 0 aromatic heterocycles. The van der Waals surface area contributed by atoms with Crippen LogP contribution in [0.3, 0.4) is 0 Å². The number of nitrogens with one attached hydrogen (secondary N) is 1. The van der Waals surface area contributed by atoms with Crippen molar-refractivity contribution in [3.8, 4) is 28.7 Å². The fourth-order valence-corrected chi connectivity index (χ4v) is 3.59. The number of ether oxygens (including phenoxy) is 5. The second kappa shape index (κ2) is 12.3. The van der Waals surface area contributed by atoms with Gasteiger partial charge in [-0.2, -0.15) is 5.10 Å². The van der Waals surface area contributed by atoms with Gasteiger partial charge in [-0.3, -0.25) is 4.79 Å². The second-order valence-corrected chi connectivity index (χ2v) is 7.96. The Morgan fingerprint density at radius 3 is 2.24 bits per heavy atom. The standard InChI is InChI=1S/C29H26N2O7/c1-34-24-13-10-22(16-27(24)36-3)29(33)38-25-12-8-19(14-26(25)35-2)17-30-31-28(32)18-37-23-11-9-20-6-4-5-7-21(20)15-23/h4-17H,18H2,1-3H3,(H,31,32)/b30-17+. The van der Waals surface area contributed by atoms with E-state index in [0.717, 1.165) is 10.8 Å². The average Bonchev–Trinajstić information content (AvgIpc) is 2.96. The Morgan fingerprint density at radius 1 is 0.763 bits per heavy atom. The van der Waals surface area contributed by atoms with Gasteiger partial charge in [0.05, 0.1) is 33.1 Å². The van der Waals surface area contributed by atoms with Crippen molar-refractivity contribution in [1.29, 1.82) is 0 Å². The molecule has 9 nitrogen and oxygen atoms in total. The van der Waals surface area contributed by atoms with Gasteiger partial charge in [0, 0.05) is 0 Å². The maximum Gasteiger partial charge on any atom is 0.343 e. The SMILES string of the molecule is COc1ccc(C(=O)Oc2ccc(/C=N/NC(=O)COc3ccc4ccccc4c3)cc2OC)cc1OC. The molecule has 0 heterocycles. The monoisotopic (exact) mass is 514 g/mol. The Kier molecular flexibility index (Phi) is 8.40. The lowest BCUT2D eigenvalue weighted by atomic mass is 10.1. The smallest absolute Gasteiger partial charge is 0.343 e. The first kappa shape index (κ1) is 26.0. The predicted octanol–water partition coefficient (Wildman–Crippen LogP) is 4.61. The van der Waals surface area contributed by atoms with Crippen LogP contribution >= 0.6 is 0 Å². The van der Waals surface area contributed by atoms with E-state index in [9.17, 15) is 9.59 Å². The van der Waals surface area contributed by atoms with Crippen LogP contribution in [0.15, 0.2) is 84.0 Å². The number of hydrazone groups is 1. The molecule has 9 heteroatoms. The van der Waals surface area contributed by atoms with Gasteiger partial charge in [0.15, 0.2) is 29.6 Å². The van der Waals surface area contributed by atoms with Gasteiger partial charge in [-0.05, 0) is 64.9 Å². The first-order valence-electron chi connectivity index (χ1n) is 11.6. The van der Waals surface area contributed by atoms with Crippen molar-refractivity contribution in [2.24, 2.45) is 5.10 Å². The number of esters is 1. The first-order valence-corrected chi connectivity index (χ1v) is 11.6. The number of methoxy groups -OCH3 is 3. The highest BCUT2D eigenvalue weighted by atomic mass is 16.6. The largest absolute Gasteiger partial charge is 0.493 e. The lowest BCUT2D eigenvalue weighted by Crippen LogP contribution is -2.24. The molecule has 0 saturated carbocycles. The van der Waals surface area contributed by atoms with Crippen molar-refractivity contribution in [3.63, 3.8) is 0 Å². The predicted molar refractivity (Wildman–Crippen MR) is 143 cm³/mol. The first-order chi connectivity index (χ1) is 18.5. The molecule has 1 amide bonds. The minimum Gasteiger partial charge on any atom is -0.493 e. The topological polar surface area (TPSA) is 105 Å². The van der Waals surface area contributed by atoms with E-state index in [1.165, 1.54) is 33.6 Å². The molecule has 0 saturated heterocycles. The van der Waals surface area contributed by atoms with Crippen LogP contribution in [0.4, 0.5) is 0 Å². The van der Waals surface area contributed by atoms with Crippen LogP contribution in [-0.4, -0.2) is 46.0 Å². The normalized spacial score (nSPS) is 10.7. The molecule has 4 rings (SSSR count). The molecule has 0 spiro atoms. The number of hydrogen-bond acceptors (Lipinski definition) is 8. The van der Waals surface area contributed by atoms with Crippen LogP contribution in [0.1, 0.15) is 15.9 Å². The summed E-state index contributed by atoms with van der Waals surface area (Å²) in [5.41, 5.74) is 3.32. The molecule has 0 bridgehead atoms. The van der Waals surface area contributed by atoms with Crippen molar-refractivity contribution in [3.05, 3.63) is 90.0 Å². The number of fused-ring (bicyclic) bond motifs is 1. The molecule has 0 radical (unpaired) electrons. The van der Waals surface area contributed by atoms with E-state index in [4.69, 9.17) is 23.7 Å². The van der Waals surface area contributed by atoms with Crippen LogP contribution in [0.25, 0.3) is 10.8 Å². The number of nitrogens with zero attached hydrogens (tertiary/aromatic N) is 1. The number of carbonyl (C=O) groups excluding carboxylic acids is 2. The number of amides is 1. The Bertz CT molecular complexity index is 1480. The zero-order valence-electron chi connectivity index (χ0n) is 21.1. The van der Waals surface area contributed by atoms with Crippen molar-refractivity contribution >= 4 is 28.9 Å². The summed E-state index contributed by atoms with van der Waals surface area (Å²) in [5, 5.41) is 6.07. The van der Waals surface area contributed by atoms with E-state index in [-0.39, 0.29) is 17.9 Å². The van der Waals surface area contributed by atoms with E-state index in [1.807, 2.05) is 42.5 Å². The van der Waals surface area contributed by atoms with Gasteiger partial charge in [-0.25, -0.2) is 10.2 Å². The molecule has 4 aromatic carbocycles. The molecule has 0 atom stereocenters. The van der Waals surface area contributed by atoms with E-state index in [2.05, 4.69) is 10.5 Å². The lowest BCUT2D eigenvalue weighted by molar-refractivity contribution is -0.123. The summed E-state index contributed by atoms with van der Waals surface area (Å²) in [6.07, 6.45) is 1.44. The Morgan fingerprint density at radius 2 is 1.47 bits per heavy atom. The van der Waals surface area contributed by atoms with Crippen molar-refractivity contribution in [2.75, 3.05) is 27.9 Å². The summed E-state index contributed by atoms with van der Waals surface area (Å²) in [6, 6.07) is 23.1. The highest BCUT2D eigenvalue weighted by Gasteiger charge is 2.15. The van der Waals surface area contributed by atoms with Crippen LogP contribution in [0.5, 0.6) is 28.7 Å². The minimum absolute atomic E-state index is 0.190. The van der Waals surface area contributed by atoms with E-state index in [1.54, 1.807) is 30.3 Å². The van der Waals surface area contributed by atoms with Crippen LogP contribution in [0.2, 0.25) is 0 Å². The Labute approximate surface area is 219 Å². The van der Waals surface area contributed by atoms with Crippen molar-refractivity contribution in [1.82, 2.24) is 5.43 Å². The third-order valence-corrected chi connectivity index (χ3v) is 5.50. The molecule has 1 N–H and O–H groups in total. The molecule has 38 heavy (non-hydrogen) atoms. The highest BCUT2D eigenvalue weighted by molar-refractivity contribution is 5.92. The zero-order chi connectivity index (χ0) is 26.9. The van der Waals surface area contributed by atoms with Gasteiger partial charge in [-0.1, -0.05) is 30.3 Å². The molecule has 0 aliphatic carbocycles. The van der Waals surface area contributed by atoms with Gasteiger partial charge in [0.2, 0.25) is 0 Å². The Hall–Kier alpha value is -5.05.